The van der Waals surface area contributed by atoms with Gasteiger partial charge in [-0.05, 0) is 25.0 Å². The van der Waals surface area contributed by atoms with Crippen LogP contribution in [0.4, 0.5) is 33.2 Å². The number of halogens is 1. The van der Waals surface area contributed by atoms with Gasteiger partial charge in [0, 0.05) is 30.8 Å². The van der Waals surface area contributed by atoms with Crippen molar-refractivity contribution in [2.24, 2.45) is 0 Å². The Kier molecular flexibility index (Phi) is 9.14. The molecule has 202 valence electrons. The van der Waals surface area contributed by atoms with Gasteiger partial charge in [-0.1, -0.05) is 12.1 Å². The molecular weight excluding hydrogens is 515 g/mol. The standard InChI is InChI=1S/C25H29FN6O5S/c1-16-9-8-10-19(22(16)32(38(5,33)34)12-7-6-11-27)30-24-18(26)15-28-25(31-24)29-17-13-20(35-2)23(37-4)21(14-17)36-3/h8-10,13-15H,6-7,12H2,1-5H3,(H2,28,29,30,31). The Bertz CT molecular complexity index is 1420. The van der Waals surface area contributed by atoms with Gasteiger partial charge in [0.2, 0.25) is 21.7 Å². The molecular formula is C25H29FN6O5S. The summed E-state index contributed by atoms with van der Waals surface area (Å²) in [7, 11) is 0.752. The maximum absolute atomic E-state index is 14.8. The molecule has 38 heavy (non-hydrogen) atoms. The van der Waals surface area contributed by atoms with Crippen molar-refractivity contribution in [2.45, 2.75) is 19.8 Å². The van der Waals surface area contributed by atoms with Crippen molar-refractivity contribution < 1.29 is 27.0 Å². The average Bonchev–Trinajstić information content (AvgIpc) is 2.88. The van der Waals surface area contributed by atoms with Gasteiger partial charge >= 0.3 is 0 Å². The van der Waals surface area contributed by atoms with Crippen LogP contribution in [0.3, 0.4) is 0 Å². The summed E-state index contributed by atoms with van der Waals surface area (Å²) in [5.41, 5.74) is 1.80. The number of nitrogens with one attached hydrogen (secondary N) is 2. The number of ether oxygens (including phenoxy) is 3. The maximum atomic E-state index is 14.8. The van der Waals surface area contributed by atoms with Gasteiger partial charge in [-0.3, -0.25) is 4.31 Å². The predicted molar refractivity (Wildman–Crippen MR) is 143 cm³/mol. The first-order valence-electron chi connectivity index (χ1n) is 11.4. The molecule has 3 rings (SSSR count). The van der Waals surface area contributed by atoms with E-state index in [4.69, 9.17) is 19.5 Å². The molecule has 0 aliphatic rings. The zero-order valence-corrected chi connectivity index (χ0v) is 22.5. The molecule has 0 amide bonds. The molecule has 1 heterocycles. The van der Waals surface area contributed by atoms with Gasteiger partial charge in [0.15, 0.2) is 23.1 Å². The van der Waals surface area contributed by atoms with Crippen LogP contribution in [-0.2, 0) is 10.0 Å². The van der Waals surface area contributed by atoms with E-state index in [1.807, 2.05) is 6.07 Å². The third-order valence-electron chi connectivity index (χ3n) is 5.46. The largest absolute Gasteiger partial charge is 0.493 e. The summed E-state index contributed by atoms with van der Waals surface area (Å²) >= 11 is 0. The molecule has 0 aliphatic heterocycles. The minimum atomic E-state index is -3.70. The van der Waals surface area contributed by atoms with E-state index < -0.39 is 15.8 Å². The van der Waals surface area contributed by atoms with Gasteiger partial charge in [0.1, 0.15) is 0 Å². The van der Waals surface area contributed by atoms with Gasteiger partial charge in [-0.15, -0.1) is 0 Å². The molecule has 0 unspecified atom stereocenters. The SMILES string of the molecule is COc1cc(Nc2ncc(F)c(Nc3cccc(C)c3N(CCCC#N)S(C)(=O)=O)n2)cc(OC)c1OC. The lowest BCUT2D eigenvalue weighted by molar-refractivity contribution is 0.324. The van der Waals surface area contributed by atoms with E-state index in [0.717, 1.165) is 12.5 Å². The van der Waals surface area contributed by atoms with Crippen LogP contribution in [0.25, 0.3) is 0 Å². The van der Waals surface area contributed by atoms with Crippen LogP contribution in [0.1, 0.15) is 18.4 Å². The van der Waals surface area contributed by atoms with Crippen molar-refractivity contribution >= 4 is 38.9 Å². The van der Waals surface area contributed by atoms with E-state index in [2.05, 4.69) is 20.6 Å². The number of anilines is 5. The van der Waals surface area contributed by atoms with Gasteiger partial charge < -0.3 is 24.8 Å². The van der Waals surface area contributed by atoms with Crippen LogP contribution in [0.15, 0.2) is 36.5 Å². The van der Waals surface area contributed by atoms with E-state index >= 15 is 0 Å². The summed E-state index contributed by atoms with van der Waals surface area (Å²) in [6.07, 6.45) is 2.60. The van der Waals surface area contributed by atoms with Gasteiger partial charge in [-0.25, -0.2) is 17.8 Å². The van der Waals surface area contributed by atoms with E-state index in [1.165, 1.54) is 25.6 Å². The van der Waals surface area contributed by atoms with Crippen molar-refractivity contribution in [1.29, 1.82) is 5.26 Å². The first-order chi connectivity index (χ1) is 18.1. The van der Waals surface area contributed by atoms with Crippen LogP contribution >= 0.6 is 0 Å². The molecule has 0 saturated heterocycles. The fraction of sp³-hybridized carbons (Fsp3) is 0.320. The number of rotatable bonds is 12. The highest BCUT2D eigenvalue weighted by molar-refractivity contribution is 7.92. The number of nitriles is 1. The molecule has 0 atom stereocenters. The zero-order chi connectivity index (χ0) is 27.9. The maximum Gasteiger partial charge on any atom is 0.232 e. The third kappa shape index (κ3) is 6.51. The number of hydrogen-bond acceptors (Lipinski definition) is 10. The van der Waals surface area contributed by atoms with Crippen molar-refractivity contribution in [3.8, 4) is 23.3 Å². The monoisotopic (exact) mass is 544 g/mol. The van der Waals surface area contributed by atoms with Gasteiger partial charge in [-0.2, -0.15) is 10.2 Å². The first kappa shape index (κ1) is 28.3. The number of hydrogen-bond donors (Lipinski definition) is 2. The lowest BCUT2D eigenvalue weighted by Crippen LogP contribution is -2.32. The summed E-state index contributed by atoms with van der Waals surface area (Å²) < 4.78 is 57.3. The fourth-order valence-corrected chi connectivity index (χ4v) is 4.80. The molecule has 0 bridgehead atoms. The number of methoxy groups -OCH3 is 3. The quantitative estimate of drug-likeness (QED) is 0.313. The third-order valence-corrected chi connectivity index (χ3v) is 6.62. The number of benzene rings is 2. The summed E-state index contributed by atoms with van der Waals surface area (Å²) in [6.45, 7) is 1.84. The number of para-hydroxylation sites is 1. The molecule has 11 nitrogen and oxygen atoms in total. The molecule has 0 fully saturated rings. The highest BCUT2D eigenvalue weighted by Crippen LogP contribution is 2.40. The topological polar surface area (TPSA) is 139 Å². The van der Waals surface area contributed by atoms with Crippen LogP contribution in [0.5, 0.6) is 17.2 Å². The second-order valence-corrected chi connectivity index (χ2v) is 10.0. The van der Waals surface area contributed by atoms with Crippen LogP contribution in [-0.4, -0.2) is 52.5 Å². The fourth-order valence-electron chi connectivity index (χ4n) is 3.76. The number of nitrogens with zero attached hydrogens (tertiary/aromatic N) is 4. The Morgan fingerprint density at radius 1 is 1.11 bits per heavy atom. The molecule has 1 aromatic heterocycles. The van der Waals surface area contributed by atoms with E-state index in [9.17, 15) is 12.8 Å². The Morgan fingerprint density at radius 2 is 1.79 bits per heavy atom. The summed E-state index contributed by atoms with van der Waals surface area (Å²) in [5, 5.41) is 14.8. The summed E-state index contributed by atoms with van der Waals surface area (Å²) in [4.78, 5) is 8.26. The van der Waals surface area contributed by atoms with Crippen molar-refractivity contribution in [3.63, 3.8) is 0 Å². The lowest BCUT2D eigenvalue weighted by Gasteiger charge is -2.26. The summed E-state index contributed by atoms with van der Waals surface area (Å²) in [6, 6.07) is 10.4. The van der Waals surface area contributed by atoms with Crippen molar-refractivity contribution in [3.05, 3.63) is 47.9 Å². The second-order valence-electron chi connectivity index (χ2n) is 8.12. The van der Waals surface area contributed by atoms with Crippen molar-refractivity contribution in [1.82, 2.24) is 9.97 Å². The highest BCUT2D eigenvalue weighted by Gasteiger charge is 2.23. The number of aryl methyl sites for hydroxylation is 1. The molecule has 13 heteroatoms. The van der Waals surface area contributed by atoms with E-state index in [0.29, 0.717) is 46.3 Å². The first-order valence-corrected chi connectivity index (χ1v) is 13.3. The molecule has 0 radical (unpaired) electrons. The highest BCUT2D eigenvalue weighted by atomic mass is 32.2. The number of unbranched alkanes of at least 4 members (excludes halogenated alkanes) is 1. The minimum Gasteiger partial charge on any atom is -0.493 e. The Balaban J connectivity index is 1.98. The van der Waals surface area contributed by atoms with Crippen LogP contribution in [0, 0.1) is 24.1 Å². The van der Waals surface area contributed by atoms with Crippen molar-refractivity contribution in [2.75, 3.05) is 49.1 Å². The normalized spacial score (nSPS) is 10.9. The molecule has 0 saturated carbocycles. The van der Waals surface area contributed by atoms with E-state index in [-0.39, 0.29) is 24.7 Å². The van der Waals surface area contributed by atoms with Crippen LogP contribution < -0.4 is 29.1 Å². The van der Waals surface area contributed by atoms with Crippen LogP contribution in [0.2, 0.25) is 0 Å². The predicted octanol–water partition coefficient (Wildman–Crippen LogP) is 4.51. The number of aromatic nitrogens is 2. The second kappa shape index (κ2) is 12.3. The average molecular weight is 545 g/mol. The molecule has 2 aromatic carbocycles. The molecule has 0 aliphatic carbocycles. The molecule has 0 spiro atoms. The Morgan fingerprint density at radius 3 is 2.37 bits per heavy atom. The zero-order valence-electron chi connectivity index (χ0n) is 21.7. The molecule has 2 N–H and O–H groups in total. The van der Waals surface area contributed by atoms with Gasteiger partial charge in [0.05, 0.1) is 51.2 Å². The smallest absolute Gasteiger partial charge is 0.232 e. The van der Waals surface area contributed by atoms with Gasteiger partial charge in [0.25, 0.3) is 0 Å². The number of sulfonamides is 1. The molecule has 3 aromatic rings. The lowest BCUT2D eigenvalue weighted by atomic mass is 10.1. The van der Waals surface area contributed by atoms with E-state index in [1.54, 1.807) is 37.3 Å². The summed E-state index contributed by atoms with van der Waals surface area (Å²) in [5.74, 6) is 0.343. The minimum absolute atomic E-state index is 0.0614. The Labute approximate surface area is 221 Å². The Hall–Kier alpha value is -4.31.